The lowest BCUT2D eigenvalue weighted by Crippen LogP contribution is -2.43. The summed E-state index contributed by atoms with van der Waals surface area (Å²) in [5, 5.41) is 11.2. The van der Waals surface area contributed by atoms with E-state index in [-0.39, 0.29) is 12.1 Å². The van der Waals surface area contributed by atoms with Gasteiger partial charge in [-0.25, -0.2) is 8.78 Å². The van der Waals surface area contributed by atoms with Crippen LogP contribution in [0.4, 0.5) is 8.78 Å². The van der Waals surface area contributed by atoms with Crippen LogP contribution in [0.2, 0.25) is 0 Å². The molecule has 0 saturated heterocycles. The van der Waals surface area contributed by atoms with Gasteiger partial charge in [-0.3, -0.25) is 0 Å². The second-order valence-corrected chi connectivity index (χ2v) is 4.10. The van der Waals surface area contributed by atoms with Crippen molar-refractivity contribution in [1.29, 1.82) is 0 Å². The summed E-state index contributed by atoms with van der Waals surface area (Å²) in [6.45, 7) is -1.53. The highest BCUT2D eigenvalue weighted by atomic mass is 19.3. The zero-order valence-electron chi connectivity index (χ0n) is 9.01. The van der Waals surface area contributed by atoms with Crippen molar-refractivity contribution in [2.24, 2.45) is 0 Å². The lowest BCUT2D eigenvalue weighted by Gasteiger charge is -2.29. The fourth-order valence-electron chi connectivity index (χ4n) is 1.85. The maximum atomic E-state index is 12.7. The van der Waals surface area contributed by atoms with E-state index in [1.165, 1.54) is 0 Å². The van der Waals surface area contributed by atoms with Gasteiger partial charge < -0.3 is 15.2 Å². The SMILES string of the molecule is COC1CCC(NCC(F)(F)CO)CC1. The molecule has 15 heavy (non-hydrogen) atoms. The Balaban J connectivity index is 2.19. The highest BCUT2D eigenvalue weighted by molar-refractivity contribution is 4.79. The summed E-state index contributed by atoms with van der Waals surface area (Å²) in [7, 11) is 1.68. The van der Waals surface area contributed by atoms with Crippen LogP contribution in [0, 0.1) is 0 Å². The predicted octanol–water partition coefficient (Wildman–Crippen LogP) is 1.16. The van der Waals surface area contributed by atoms with Gasteiger partial charge in [0, 0.05) is 13.2 Å². The van der Waals surface area contributed by atoms with E-state index in [1.807, 2.05) is 0 Å². The first-order chi connectivity index (χ1) is 7.07. The molecule has 5 heteroatoms. The number of nitrogens with one attached hydrogen (secondary N) is 1. The van der Waals surface area contributed by atoms with E-state index >= 15 is 0 Å². The molecular weight excluding hydrogens is 204 g/mol. The van der Waals surface area contributed by atoms with Gasteiger partial charge in [-0.05, 0) is 25.7 Å². The van der Waals surface area contributed by atoms with Crippen molar-refractivity contribution in [2.45, 2.75) is 43.8 Å². The monoisotopic (exact) mass is 223 g/mol. The van der Waals surface area contributed by atoms with Gasteiger partial charge >= 0.3 is 0 Å². The molecule has 2 N–H and O–H groups in total. The lowest BCUT2D eigenvalue weighted by atomic mass is 9.93. The Kier molecular flexibility index (Phi) is 4.89. The number of methoxy groups -OCH3 is 1. The molecule has 1 aliphatic carbocycles. The van der Waals surface area contributed by atoms with Crippen molar-refractivity contribution in [3.8, 4) is 0 Å². The first kappa shape index (κ1) is 12.8. The van der Waals surface area contributed by atoms with Gasteiger partial charge in [-0.1, -0.05) is 0 Å². The Morgan fingerprint density at radius 3 is 2.40 bits per heavy atom. The minimum absolute atomic E-state index is 0.133. The molecule has 0 aliphatic heterocycles. The number of hydrogen-bond donors (Lipinski definition) is 2. The molecular formula is C10H19F2NO2. The number of aliphatic hydroxyl groups is 1. The van der Waals surface area contributed by atoms with E-state index < -0.39 is 19.1 Å². The largest absolute Gasteiger partial charge is 0.390 e. The molecule has 3 nitrogen and oxygen atoms in total. The smallest absolute Gasteiger partial charge is 0.282 e. The summed E-state index contributed by atoms with van der Waals surface area (Å²) in [6.07, 6.45) is 3.83. The Morgan fingerprint density at radius 2 is 1.93 bits per heavy atom. The Labute approximate surface area is 88.8 Å². The fraction of sp³-hybridized carbons (Fsp3) is 1.00. The van der Waals surface area contributed by atoms with E-state index in [9.17, 15) is 8.78 Å². The van der Waals surface area contributed by atoms with Gasteiger partial charge in [0.1, 0.15) is 6.61 Å². The van der Waals surface area contributed by atoms with Gasteiger partial charge in [-0.15, -0.1) is 0 Å². The van der Waals surface area contributed by atoms with Crippen molar-refractivity contribution in [3.63, 3.8) is 0 Å². The second kappa shape index (κ2) is 5.72. The molecule has 0 spiro atoms. The predicted molar refractivity (Wildman–Crippen MR) is 53.1 cm³/mol. The van der Waals surface area contributed by atoms with Crippen LogP contribution in [0.1, 0.15) is 25.7 Å². The lowest BCUT2D eigenvalue weighted by molar-refractivity contribution is -0.0509. The molecule has 1 aliphatic rings. The highest BCUT2D eigenvalue weighted by Gasteiger charge is 2.29. The molecule has 1 rings (SSSR count). The highest BCUT2D eigenvalue weighted by Crippen LogP contribution is 2.21. The van der Waals surface area contributed by atoms with Crippen molar-refractivity contribution >= 4 is 0 Å². The van der Waals surface area contributed by atoms with Crippen LogP contribution in [0.15, 0.2) is 0 Å². The van der Waals surface area contributed by atoms with Crippen molar-refractivity contribution < 1.29 is 18.6 Å². The minimum atomic E-state index is -3.00. The summed E-state index contributed by atoms with van der Waals surface area (Å²) >= 11 is 0. The van der Waals surface area contributed by atoms with Gasteiger partial charge in [-0.2, -0.15) is 0 Å². The molecule has 0 bridgehead atoms. The summed E-state index contributed by atoms with van der Waals surface area (Å²) < 4.78 is 30.6. The van der Waals surface area contributed by atoms with E-state index in [0.29, 0.717) is 0 Å². The van der Waals surface area contributed by atoms with Crippen molar-refractivity contribution in [1.82, 2.24) is 5.32 Å². The van der Waals surface area contributed by atoms with Crippen LogP contribution in [0.25, 0.3) is 0 Å². The zero-order valence-corrected chi connectivity index (χ0v) is 9.01. The zero-order chi connectivity index (χ0) is 11.3. The van der Waals surface area contributed by atoms with Crippen molar-refractivity contribution in [2.75, 3.05) is 20.3 Å². The molecule has 0 amide bonds. The molecule has 0 atom stereocenters. The molecule has 90 valence electrons. The standard InChI is InChI=1S/C10H19F2NO2/c1-15-9-4-2-8(3-5-9)13-6-10(11,12)7-14/h8-9,13-14H,2-7H2,1H3. The normalized spacial score (nSPS) is 28.0. The quantitative estimate of drug-likeness (QED) is 0.735. The van der Waals surface area contributed by atoms with Gasteiger partial charge in [0.25, 0.3) is 5.92 Å². The van der Waals surface area contributed by atoms with E-state index in [0.717, 1.165) is 25.7 Å². The molecule has 0 aromatic rings. The van der Waals surface area contributed by atoms with Crippen LogP contribution < -0.4 is 5.32 Å². The maximum absolute atomic E-state index is 12.7. The third kappa shape index (κ3) is 4.40. The average Bonchev–Trinajstić information content (AvgIpc) is 2.27. The number of ether oxygens (including phenoxy) is 1. The van der Waals surface area contributed by atoms with Crippen LogP contribution in [0.5, 0.6) is 0 Å². The third-order valence-corrected chi connectivity index (χ3v) is 2.89. The van der Waals surface area contributed by atoms with Gasteiger partial charge in [0.05, 0.1) is 12.6 Å². The number of alkyl halides is 2. The molecule has 0 unspecified atom stereocenters. The molecule has 1 saturated carbocycles. The Morgan fingerprint density at radius 1 is 1.33 bits per heavy atom. The molecule has 0 heterocycles. The van der Waals surface area contributed by atoms with Crippen LogP contribution in [0.3, 0.4) is 0 Å². The third-order valence-electron chi connectivity index (χ3n) is 2.89. The number of rotatable bonds is 5. The minimum Gasteiger partial charge on any atom is -0.390 e. The average molecular weight is 223 g/mol. The van der Waals surface area contributed by atoms with Crippen LogP contribution in [-0.2, 0) is 4.74 Å². The van der Waals surface area contributed by atoms with E-state index in [2.05, 4.69) is 5.32 Å². The first-order valence-electron chi connectivity index (χ1n) is 5.32. The first-order valence-corrected chi connectivity index (χ1v) is 5.32. The summed E-state index contributed by atoms with van der Waals surface area (Å²) in [5.74, 6) is -3.00. The Hall–Kier alpha value is -0.260. The van der Waals surface area contributed by atoms with Crippen LogP contribution in [-0.4, -0.2) is 43.4 Å². The number of halogens is 2. The topological polar surface area (TPSA) is 41.5 Å². The Bertz CT molecular complexity index is 182. The number of hydrogen-bond acceptors (Lipinski definition) is 3. The molecule has 0 aromatic carbocycles. The summed E-state index contributed by atoms with van der Waals surface area (Å²) in [5.41, 5.74) is 0. The van der Waals surface area contributed by atoms with Gasteiger partial charge in [0.15, 0.2) is 0 Å². The van der Waals surface area contributed by atoms with Crippen molar-refractivity contribution in [3.05, 3.63) is 0 Å². The van der Waals surface area contributed by atoms with E-state index in [4.69, 9.17) is 9.84 Å². The maximum Gasteiger partial charge on any atom is 0.282 e. The fourth-order valence-corrected chi connectivity index (χ4v) is 1.85. The van der Waals surface area contributed by atoms with Crippen LogP contribution >= 0.6 is 0 Å². The van der Waals surface area contributed by atoms with E-state index in [1.54, 1.807) is 7.11 Å². The second-order valence-electron chi connectivity index (χ2n) is 4.10. The number of aliphatic hydroxyl groups excluding tert-OH is 1. The summed E-state index contributed by atoms with van der Waals surface area (Å²) in [4.78, 5) is 0. The molecule has 0 aromatic heterocycles. The molecule has 0 radical (unpaired) electrons. The molecule has 1 fully saturated rings. The summed E-state index contributed by atoms with van der Waals surface area (Å²) in [6, 6.07) is 0.133. The van der Waals surface area contributed by atoms with Gasteiger partial charge in [0.2, 0.25) is 0 Å².